The van der Waals surface area contributed by atoms with E-state index in [4.69, 9.17) is 4.74 Å². The molecule has 0 aromatic rings. The Balaban J connectivity index is 2.78. The highest BCUT2D eigenvalue weighted by Crippen LogP contribution is 2.45. The van der Waals surface area contributed by atoms with Crippen LogP contribution in [0.3, 0.4) is 0 Å². The topological polar surface area (TPSA) is 38.3 Å². The van der Waals surface area contributed by atoms with Crippen LogP contribution in [0.25, 0.3) is 0 Å². The molecule has 0 heterocycles. The monoisotopic (exact) mass is 269 g/mol. The molecule has 0 saturated heterocycles. The molecule has 112 valence electrons. The fourth-order valence-electron chi connectivity index (χ4n) is 3.37. The molecule has 1 fully saturated rings. The van der Waals surface area contributed by atoms with Gasteiger partial charge in [-0.15, -0.1) is 0 Å². The number of ether oxygens (including phenoxy) is 1. The van der Waals surface area contributed by atoms with Crippen LogP contribution < -0.4 is 5.32 Å². The van der Waals surface area contributed by atoms with Crippen LogP contribution >= 0.6 is 0 Å². The van der Waals surface area contributed by atoms with Gasteiger partial charge in [-0.3, -0.25) is 4.79 Å². The highest BCUT2D eigenvalue weighted by atomic mass is 16.5. The first-order chi connectivity index (χ1) is 8.85. The maximum atomic E-state index is 11.9. The zero-order valence-electron chi connectivity index (χ0n) is 13.3. The van der Waals surface area contributed by atoms with E-state index in [2.05, 4.69) is 33.0 Å². The molecular formula is C16H31NO2. The van der Waals surface area contributed by atoms with Crippen molar-refractivity contribution in [2.24, 2.45) is 11.3 Å². The largest absolute Gasteiger partial charge is 0.466 e. The first-order valence-corrected chi connectivity index (χ1v) is 7.76. The van der Waals surface area contributed by atoms with Crippen LogP contribution in [0.4, 0.5) is 0 Å². The molecule has 0 aromatic carbocycles. The van der Waals surface area contributed by atoms with E-state index in [1.807, 2.05) is 6.92 Å². The van der Waals surface area contributed by atoms with E-state index in [0.29, 0.717) is 24.4 Å². The molecule has 3 heteroatoms. The van der Waals surface area contributed by atoms with Gasteiger partial charge < -0.3 is 10.1 Å². The smallest absolute Gasteiger partial charge is 0.307 e. The summed E-state index contributed by atoms with van der Waals surface area (Å²) < 4.78 is 5.17. The SMILES string of the molecule is CCCNC1(CC(=O)OCC)CCC(C)(C)CC1C. The Labute approximate surface area is 118 Å². The highest BCUT2D eigenvalue weighted by molar-refractivity contribution is 5.71. The Morgan fingerprint density at radius 1 is 1.32 bits per heavy atom. The quantitative estimate of drug-likeness (QED) is 0.750. The summed E-state index contributed by atoms with van der Waals surface area (Å²) in [5.41, 5.74) is 0.337. The maximum Gasteiger partial charge on any atom is 0.307 e. The third kappa shape index (κ3) is 4.48. The van der Waals surface area contributed by atoms with Crippen LogP contribution in [-0.4, -0.2) is 24.7 Å². The van der Waals surface area contributed by atoms with Crippen molar-refractivity contribution in [1.29, 1.82) is 0 Å². The van der Waals surface area contributed by atoms with E-state index in [0.717, 1.165) is 19.4 Å². The van der Waals surface area contributed by atoms with Crippen LogP contribution in [0.2, 0.25) is 0 Å². The van der Waals surface area contributed by atoms with Crippen molar-refractivity contribution in [3.05, 3.63) is 0 Å². The lowest BCUT2D eigenvalue weighted by atomic mass is 9.62. The number of esters is 1. The Hall–Kier alpha value is -0.570. The maximum absolute atomic E-state index is 11.9. The summed E-state index contributed by atoms with van der Waals surface area (Å²) in [6.45, 7) is 12.4. The molecule has 2 atom stereocenters. The highest BCUT2D eigenvalue weighted by Gasteiger charge is 2.44. The predicted octanol–water partition coefficient (Wildman–Crippen LogP) is 3.52. The molecule has 0 amide bonds. The first kappa shape index (κ1) is 16.5. The fourth-order valence-corrected chi connectivity index (χ4v) is 3.37. The molecule has 0 radical (unpaired) electrons. The Morgan fingerprint density at radius 2 is 2.00 bits per heavy atom. The van der Waals surface area contributed by atoms with Crippen molar-refractivity contribution in [1.82, 2.24) is 5.32 Å². The van der Waals surface area contributed by atoms with E-state index >= 15 is 0 Å². The van der Waals surface area contributed by atoms with Crippen molar-refractivity contribution in [3.63, 3.8) is 0 Å². The standard InChI is InChI=1S/C16H31NO2/c1-6-10-17-16(12-14(18)19-7-2)9-8-15(4,5)11-13(16)3/h13,17H,6-12H2,1-5H3. The fraction of sp³-hybridized carbons (Fsp3) is 0.938. The number of carbonyl (C=O) groups excluding carboxylic acids is 1. The van der Waals surface area contributed by atoms with Gasteiger partial charge in [0.15, 0.2) is 0 Å². The van der Waals surface area contributed by atoms with Gasteiger partial charge in [0.05, 0.1) is 13.0 Å². The van der Waals surface area contributed by atoms with Gasteiger partial charge in [0.1, 0.15) is 0 Å². The molecule has 1 aliphatic rings. The second kappa shape index (κ2) is 6.74. The summed E-state index contributed by atoms with van der Waals surface area (Å²) in [6, 6.07) is 0. The molecular weight excluding hydrogens is 238 g/mol. The van der Waals surface area contributed by atoms with Crippen molar-refractivity contribution >= 4 is 5.97 Å². The van der Waals surface area contributed by atoms with E-state index in [9.17, 15) is 4.79 Å². The van der Waals surface area contributed by atoms with Gasteiger partial charge in [-0.05, 0) is 50.5 Å². The predicted molar refractivity (Wildman–Crippen MR) is 79.1 cm³/mol. The summed E-state index contributed by atoms with van der Waals surface area (Å²) in [6.07, 6.45) is 5.02. The van der Waals surface area contributed by atoms with Gasteiger partial charge in [-0.2, -0.15) is 0 Å². The van der Waals surface area contributed by atoms with Gasteiger partial charge in [0.2, 0.25) is 0 Å². The molecule has 1 N–H and O–H groups in total. The molecule has 2 unspecified atom stereocenters. The van der Waals surface area contributed by atoms with Crippen molar-refractivity contribution in [3.8, 4) is 0 Å². The molecule has 3 nitrogen and oxygen atoms in total. The van der Waals surface area contributed by atoms with Crippen molar-refractivity contribution in [2.45, 2.75) is 72.3 Å². The number of hydrogen-bond donors (Lipinski definition) is 1. The van der Waals surface area contributed by atoms with E-state index in [1.165, 1.54) is 12.8 Å². The second-order valence-electron chi connectivity index (χ2n) is 6.83. The first-order valence-electron chi connectivity index (χ1n) is 7.76. The minimum atomic E-state index is -0.0578. The number of carbonyl (C=O) groups is 1. The average Bonchev–Trinajstić information content (AvgIpc) is 2.31. The van der Waals surface area contributed by atoms with Crippen LogP contribution in [0.1, 0.15) is 66.7 Å². The molecule has 19 heavy (non-hydrogen) atoms. The molecule has 0 spiro atoms. The zero-order valence-corrected chi connectivity index (χ0v) is 13.3. The zero-order chi connectivity index (χ0) is 14.5. The summed E-state index contributed by atoms with van der Waals surface area (Å²) in [7, 11) is 0. The Morgan fingerprint density at radius 3 is 2.53 bits per heavy atom. The minimum absolute atomic E-state index is 0.0577. The normalized spacial score (nSPS) is 30.1. The molecule has 0 bridgehead atoms. The second-order valence-corrected chi connectivity index (χ2v) is 6.83. The molecule has 0 aliphatic heterocycles. The average molecular weight is 269 g/mol. The van der Waals surface area contributed by atoms with Gasteiger partial charge in [-0.25, -0.2) is 0 Å². The van der Waals surface area contributed by atoms with Gasteiger partial charge in [-0.1, -0.05) is 27.7 Å². The summed E-state index contributed by atoms with van der Waals surface area (Å²) in [5, 5.41) is 3.66. The molecule has 1 aliphatic carbocycles. The van der Waals surface area contributed by atoms with Crippen LogP contribution in [0.5, 0.6) is 0 Å². The van der Waals surface area contributed by atoms with E-state index in [1.54, 1.807) is 0 Å². The van der Waals surface area contributed by atoms with Gasteiger partial charge in [0, 0.05) is 5.54 Å². The Kier molecular flexibility index (Phi) is 5.84. The van der Waals surface area contributed by atoms with E-state index in [-0.39, 0.29) is 11.5 Å². The third-order valence-electron chi connectivity index (χ3n) is 4.54. The van der Waals surface area contributed by atoms with E-state index < -0.39 is 0 Å². The lowest BCUT2D eigenvalue weighted by Gasteiger charge is -2.48. The lowest BCUT2D eigenvalue weighted by Crippen LogP contribution is -2.56. The Bertz CT molecular complexity index is 301. The third-order valence-corrected chi connectivity index (χ3v) is 4.54. The van der Waals surface area contributed by atoms with Gasteiger partial charge in [0.25, 0.3) is 0 Å². The number of nitrogens with one attached hydrogen (secondary N) is 1. The van der Waals surface area contributed by atoms with Crippen LogP contribution in [0.15, 0.2) is 0 Å². The van der Waals surface area contributed by atoms with Gasteiger partial charge >= 0.3 is 5.97 Å². The summed E-state index contributed by atoms with van der Waals surface area (Å²) in [4.78, 5) is 11.9. The summed E-state index contributed by atoms with van der Waals surface area (Å²) >= 11 is 0. The number of rotatable bonds is 6. The summed E-state index contributed by atoms with van der Waals surface area (Å²) in [5.74, 6) is 0.449. The number of hydrogen-bond acceptors (Lipinski definition) is 3. The minimum Gasteiger partial charge on any atom is -0.466 e. The van der Waals surface area contributed by atoms with Crippen molar-refractivity contribution in [2.75, 3.05) is 13.2 Å². The molecule has 1 rings (SSSR count). The van der Waals surface area contributed by atoms with Crippen LogP contribution in [-0.2, 0) is 9.53 Å². The lowest BCUT2D eigenvalue weighted by molar-refractivity contribution is -0.146. The van der Waals surface area contributed by atoms with Crippen molar-refractivity contribution < 1.29 is 9.53 Å². The molecule has 0 aromatic heterocycles. The molecule has 1 saturated carbocycles. The van der Waals surface area contributed by atoms with Crippen LogP contribution in [0, 0.1) is 11.3 Å².